The van der Waals surface area contributed by atoms with Crippen LogP contribution in [0.25, 0.3) is 0 Å². The van der Waals surface area contributed by atoms with Crippen molar-refractivity contribution in [2.75, 3.05) is 0 Å². The third-order valence-corrected chi connectivity index (χ3v) is 4.19. The third kappa shape index (κ3) is 7.77. The fourth-order valence-electron chi connectivity index (χ4n) is 2.85. The molecule has 0 aliphatic rings. The van der Waals surface area contributed by atoms with Crippen molar-refractivity contribution >= 4 is 0 Å². The minimum atomic E-state index is 0. The van der Waals surface area contributed by atoms with Gasteiger partial charge < -0.3 is 0 Å². The van der Waals surface area contributed by atoms with Gasteiger partial charge in [-0.2, -0.15) is 0 Å². The van der Waals surface area contributed by atoms with E-state index in [4.69, 9.17) is 0 Å². The van der Waals surface area contributed by atoms with E-state index in [1.165, 1.54) is 22.3 Å². The molecular weight excluding hydrogens is 408 g/mol. The van der Waals surface area contributed by atoms with Crippen LogP contribution in [0.1, 0.15) is 22.3 Å². The molecule has 0 aromatic heterocycles. The first-order valence-electron chi connectivity index (χ1n) is 9.06. The van der Waals surface area contributed by atoms with Crippen molar-refractivity contribution in [2.24, 2.45) is 0 Å². The molecule has 0 saturated carbocycles. The maximum Gasteiger partial charge on any atom is 0 e. The zero-order chi connectivity index (χ0) is 17.9. The zero-order valence-electron chi connectivity index (χ0n) is 15.4. The van der Waals surface area contributed by atoms with E-state index < -0.39 is 0 Å². The van der Waals surface area contributed by atoms with Crippen molar-refractivity contribution in [1.82, 2.24) is 0 Å². The maximum absolute atomic E-state index is 2.16. The molecule has 0 N–H and O–H groups in total. The van der Waals surface area contributed by atoms with Crippen LogP contribution in [-0.4, -0.2) is 0 Å². The third-order valence-electron chi connectivity index (χ3n) is 4.19. The Hall–Kier alpha value is -2.43. The Balaban J connectivity index is 0.000000187. The molecule has 0 aliphatic heterocycles. The van der Waals surface area contributed by atoms with Crippen molar-refractivity contribution in [3.8, 4) is 0 Å². The summed E-state index contributed by atoms with van der Waals surface area (Å²) < 4.78 is 0. The average molecular weight is 432 g/mol. The molecule has 4 aromatic carbocycles. The predicted molar refractivity (Wildman–Crippen MR) is 111 cm³/mol. The molecule has 0 radical (unpaired) electrons. The SMILES string of the molecule is [Mo].c1ccc(Cc2ccccc2)cc1.c1ccc(Cc2ccccc2)cc1. The van der Waals surface area contributed by atoms with Crippen LogP contribution in [0.15, 0.2) is 121 Å². The molecule has 0 bridgehead atoms. The van der Waals surface area contributed by atoms with Crippen LogP contribution in [0.3, 0.4) is 0 Å². The number of benzene rings is 4. The van der Waals surface area contributed by atoms with Gasteiger partial charge in [0.05, 0.1) is 0 Å². The first kappa shape index (κ1) is 20.9. The van der Waals surface area contributed by atoms with Gasteiger partial charge in [-0.05, 0) is 35.1 Å². The summed E-state index contributed by atoms with van der Waals surface area (Å²) in [6.07, 6.45) is 2.06. The molecule has 4 aromatic rings. The van der Waals surface area contributed by atoms with Crippen LogP contribution < -0.4 is 0 Å². The molecule has 0 fully saturated rings. The van der Waals surface area contributed by atoms with E-state index in [1.54, 1.807) is 0 Å². The molecule has 134 valence electrons. The van der Waals surface area contributed by atoms with Crippen molar-refractivity contribution in [2.45, 2.75) is 12.8 Å². The monoisotopic (exact) mass is 434 g/mol. The second-order valence-corrected chi connectivity index (χ2v) is 6.30. The van der Waals surface area contributed by atoms with Gasteiger partial charge in [0.1, 0.15) is 0 Å². The van der Waals surface area contributed by atoms with Crippen molar-refractivity contribution in [3.05, 3.63) is 144 Å². The molecular formula is C26H24Mo. The smallest absolute Gasteiger partial charge is 0 e. The Morgan fingerprint density at radius 1 is 0.296 bits per heavy atom. The van der Waals surface area contributed by atoms with Gasteiger partial charge in [0.2, 0.25) is 0 Å². The summed E-state index contributed by atoms with van der Waals surface area (Å²) in [6.45, 7) is 0. The molecule has 0 spiro atoms. The Bertz CT molecular complexity index is 705. The van der Waals surface area contributed by atoms with Gasteiger partial charge >= 0.3 is 0 Å². The molecule has 0 unspecified atom stereocenters. The minimum absolute atomic E-state index is 0. The van der Waals surface area contributed by atoms with Crippen molar-refractivity contribution in [1.29, 1.82) is 0 Å². The molecule has 0 heterocycles. The zero-order valence-corrected chi connectivity index (χ0v) is 17.4. The fraction of sp³-hybridized carbons (Fsp3) is 0.0769. The van der Waals surface area contributed by atoms with Crippen molar-refractivity contribution in [3.63, 3.8) is 0 Å². The first-order valence-corrected chi connectivity index (χ1v) is 9.06. The van der Waals surface area contributed by atoms with Gasteiger partial charge in [0.25, 0.3) is 0 Å². The van der Waals surface area contributed by atoms with Crippen LogP contribution in [-0.2, 0) is 33.9 Å². The van der Waals surface area contributed by atoms with E-state index in [2.05, 4.69) is 121 Å². The molecule has 4 rings (SSSR count). The van der Waals surface area contributed by atoms with Gasteiger partial charge in [-0.15, -0.1) is 0 Å². The molecule has 27 heavy (non-hydrogen) atoms. The van der Waals surface area contributed by atoms with Crippen LogP contribution >= 0.6 is 0 Å². The topological polar surface area (TPSA) is 0 Å². The quantitative estimate of drug-likeness (QED) is 0.321. The summed E-state index contributed by atoms with van der Waals surface area (Å²) in [7, 11) is 0. The van der Waals surface area contributed by atoms with Gasteiger partial charge in [-0.1, -0.05) is 121 Å². The van der Waals surface area contributed by atoms with Crippen LogP contribution in [0.2, 0.25) is 0 Å². The molecule has 0 saturated heterocycles. The van der Waals surface area contributed by atoms with E-state index in [0.717, 1.165) is 12.8 Å². The van der Waals surface area contributed by atoms with Gasteiger partial charge in [0.15, 0.2) is 0 Å². The summed E-state index contributed by atoms with van der Waals surface area (Å²) in [5.74, 6) is 0. The van der Waals surface area contributed by atoms with Crippen molar-refractivity contribution < 1.29 is 21.1 Å². The Morgan fingerprint density at radius 3 is 0.667 bits per heavy atom. The average Bonchev–Trinajstić information content (AvgIpc) is 2.72. The first-order chi connectivity index (χ1) is 12.9. The predicted octanol–water partition coefficient (Wildman–Crippen LogP) is 6.55. The summed E-state index contributed by atoms with van der Waals surface area (Å²) in [5, 5.41) is 0. The molecule has 0 aliphatic carbocycles. The molecule has 0 atom stereocenters. The van der Waals surface area contributed by atoms with Gasteiger partial charge in [-0.3, -0.25) is 0 Å². The summed E-state index contributed by atoms with van der Waals surface area (Å²) in [5.41, 5.74) is 5.48. The van der Waals surface area contributed by atoms with E-state index in [1.807, 2.05) is 0 Å². The van der Waals surface area contributed by atoms with Crippen LogP contribution in [0, 0.1) is 0 Å². The molecule has 1 heteroatoms. The second kappa shape index (κ2) is 12.0. The number of rotatable bonds is 4. The summed E-state index contributed by atoms with van der Waals surface area (Å²) in [6, 6.07) is 42.1. The maximum atomic E-state index is 2.16. The Kier molecular flexibility index (Phi) is 9.31. The van der Waals surface area contributed by atoms with E-state index in [0.29, 0.717) is 0 Å². The van der Waals surface area contributed by atoms with Crippen LogP contribution in [0.5, 0.6) is 0 Å². The van der Waals surface area contributed by atoms with Crippen LogP contribution in [0.4, 0.5) is 0 Å². The Labute approximate surface area is 177 Å². The summed E-state index contributed by atoms with van der Waals surface area (Å²) in [4.78, 5) is 0. The fourth-order valence-corrected chi connectivity index (χ4v) is 2.85. The normalized spacial score (nSPS) is 9.48. The van der Waals surface area contributed by atoms with E-state index in [-0.39, 0.29) is 21.1 Å². The van der Waals surface area contributed by atoms with Gasteiger partial charge in [-0.25, -0.2) is 0 Å². The number of hydrogen-bond donors (Lipinski definition) is 0. The molecule has 0 nitrogen and oxygen atoms in total. The van der Waals surface area contributed by atoms with E-state index in [9.17, 15) is 0 Å². The summed E-state index contributed by atoms with van der Waals surface area (Å²) >= 11 is 0. The second-order valence-electron chi connectivity index (χ2n) is 6.30. The van der Waals surface area contributed by atoms with E-state index >= 15 is 0 Å². The standard InChI is InChI=1S/2C13H12.Mo/c2*1-3-7-12(8-4-1)11-13-9-5-2-6-10-13;/h2*1-10H,11H2;. The largest absolute Gasteiger partial charge is 0.0622 e. The minimum Gasteiger partial charge on any atom is -0.0622 e. The number of hydrogen-bond acceptors (Lipinski definition) is 0. The molecule has 0 amide bonds. The van der Waals surface area contributed by atoms with Gasteiger partial charge in [0, 0.05) is 21.1 Å². The Morgan fingerprint density at radius 2 is 0.481 bits per heavy atom.